The predicted octanol–water partition coefficient (Wildman–Crippen LogP) is 1.56. The average molecular weight is 250 g/mol. The van der Waals surface area contributed by atoms with Gasteiger partial charge in [-0.15, -0.1) is 0 Å². The molecule has 0 heterocycles. The van der Waals surface area contributed by atoms with Gasteiger partial charge in [-0.1, -0.05) is 0 Å². The zero-order valence-electron chi connectivity index (χ0n) is 9.25. The van der Waals surface area contributed by atoms with Gasteiger partial charge in [-0.25, -0.2) is 4.79 Å². The van der Waals surface area contributed by atoms with Crippen molar-refractivity contribution in [3.05, 3.63) is 11.8 Å². The second kappa shape index (κ2) is 5.20. The number of carbonyl (C=O) groups is 1. The van der Waals surface area contributed by atoms with Crippen LogP contribution in [-0.4, -0.2) is 30.5 Å². The first kappa shape index (κ1) is 13.5. The molecule has 0 aromatic carbocycles. The highest BCUT2D eigenvalue weighted by atomic mass is 19.4. The van der Waals surface area contributed by atoms with Crippen molar-refractivity contribution >= 4 is 11.7 Å². The summed E-state index contributed by atoms with van der Waals surface area (Å²) < 4.78 is 42.6. The van der Waals surface area contributed by atoms with Crippen LogP contribution in [0.15, 0.2) is 16.8 Å². The molecule has 1 fully saturated rings. The van der Waals surface area contributed by atoms with E-state index in [1.165, 1.54) is 6.92 Å². The number of hydrogen-bond acceptors (Lipinski definition) is 4. The van der Waals surface area contributed by atoms with Crippen LogP contribution in [0.5, 0.6) is 0 Å². The van der Waals surface area contributed by atoms with Crippen LogP contribution in [0.25, 0.3) is 0 Å². The van der Waals surface area contributed by atoms with Crippen LogP contribution < -0.4 is 5.73 Å². The topological polar surface area (TPSA) is 64.7 Å². The molecule has 1 saturated carbocycles. The molecule has 1 aliphatic carbocycles. The Kier molecular flexibility index (Phi) is 4.14. The molecule has 0 bridgehead atoms. The molecule has 0 spiro atoms. The van der Waals surface area contributed by atoms with Crippen LogP contribution in [0.4, 0.5) is 13.2 Å². The largest absolute Gasteiger partial charge is 0.462 e. The highest BCUT2D eigenvalue weighted by molar-refractivity contribution is 6.22. The summed E-state index contributed by atoms with van der Waals surface area (Å²) in [6, 6.07) is -0.365. The number of nitrogens with two attached hydrogens (primary N) is 1. The lowest BCUT2D eigenvalue weighted by atomic mass is 10.1. The van der Waals surface area contributed by atoms with Crippen molar-refractivity contribution in [2.45, 2.75) is 32.0 Å². The second-order valence-corrected chi connectivity index (χ2v) is 3.51. The third kappa shape index (κ3) is 3.76. The Hall–Kier alpha value is -1.53. The first-order valence-electron chi connectivity index (χ1n) is 5.14. The SMILES string of the molecule is CCOC(=O)C(=CN)C(=NC1CC1)C(F)(F)F. The van der Waals surface area contributed by atoms with Crippen molar-refractivity contribution in [3.63, 3.8) is 0 Å². The van der Waals surface area contributed by atoms with Gasteiger partial charge in [0.05, 0.1) is 12.6 Å². The summed E-state index contributed by atoms with van der Waals surface area (Å²) in [5.74, 6) is -1.10. The molecule has 0 radical (unpaired) electrons. The fraction of sp³-hybridized carbons (Fsp3) is 0.600. The number of rotatable bonds is 4. The molecule has 1 aliphatic rings. The third-order valence-corrected chi connectivity index (χ3v) is 2.04. The molecular weight excluding hydrogens is 237 g/mol. The summed E-state index contributed by atoms with van der Waals surface area (Å²) in [4.78, 5) is 14.8. The normalized spacial score (nSPS) is 18.1. The number of esters is 1. The van der Waals surface area contributed by atoms with E-state index in [9.17, 15) is 18.0 Å². The molecule has 2 N–H and O–H groups in total. The molecule has 96 valence electrons. The first-order chi connectivity index (χ1) is 7.90. The minimum atomic E-state index is -4.71. The van der Waals surface area contributed by atoms with E-state index in [-0.39, 0.29) is 12.6 Å². The lowest BCUT2D eigenvalue weighted by molar-refractivity contribution is -0.138. The minimum Gasteiger partial charge on any atom is -0.462 e. The Morgan fingerprint density at radius 2 is 2.12 bits per heavy atom. The molecule has 0 aromatic heterocycles. The van der Waals surface area contributed by atoms with Crippen molar-refractivity contribution in [2.24, 2.45) is 10.7 Å². The van der Waals surface area contributed by atoms with Gasteiger partial charge >= 0.3 is 12.1 Å². The van der Waals surface area contributed by atoms with Gasteiger partial charge in [-0.3, -0.25) is 4.99 Å². The van der Waals surface area contributed by atoms with E-state index in [0.717, 1.165) is 0 Å². The van der Waals surface area contributed by atoms with E-state index in [0.29, 0.717) is 19.0 Å². The molecule has 1 rings (SSSR count). The van der Waals surface area contributed by atoms with Crippen LogP contribution in [0, 0.1) is 0 Å². The molecule has 0 aromatic rings. The minimum absolute atomic E-state index is 0.0231. The number of carbonyl (C=O) groups excluding carboxylic acids is 1. The van der Waals surface area contributed by atoms with Gasteiger partial charge in [0, 0.05) is 6.20 Å². The number of halogens is 3. The number of aliphatic imine (C=N–C) groups is 1. The summed E-state index contributed by atoms with van der Waals surface area (Å²) in [7, 11) is 0. The fourth-order valence-electron chi connectivity index (χ4n) is 1.13. The standard InChI is InChI=1S/C10H13F3N2O2/c1-2-17-9(16)7(5-14)8(10(11,12)13)15-6-3-4-6/h5-6H,2-4,14H2,1H3. The lowest BCUT2D eigenvalue weighted by Crippen LogP contribution is -2.30. The molecule has 0 amide bonds. The summed E-state index contributed by atoms with van der Waals surface area (Å²) in [5.41, 5.74) is 3.07. The van der Waals surface area contributed by atoms with E-state index in [2.05, 4.69) is 9.73 Å². The molecule has 4 nitrogen and oxygen atoms in total. The van der Waals surface area contributed by atoms with E-state index in [1.54, 1.807) is 0 Å². The zero-order valence-corrected chi connectivity index (χ0v) is 9.25. The summed E-state index contributed by atoms with van der Waals surface area (Å²) in [5, 5.41) is 0. The maximum Gasteiger partial charge on any atom is 0.433 e. The quantitative estimate of drug-likeness (QED) is 0.468. The Morgan fingerprint density at radius 1 is 1.53 bits per heavy atom. The summed E-state index contributed by atoms with van der Waals surface area (Å²) in [6.45, 7) is 1.47. The third-order valence-electron chi connectivity index (χ3n) is 2.04. The van der Waals surface area contributed by atoms with Gasteiger partial charge in [0.25, 0.3) is 0 Å². The number of alkyl halides is 3. The second-order valence-electron chi connectivity index (χ2n) is 3.51. The van der Waals surface area contributed by atoms with E-state index >= 15 is 0 Å². The fourth-order valence-corrected chi connectivity index (χ4v) is 1.13. The van der Waals surface area contributed by atoms with Crippen LogP contribution in [0.2, 0.25) is 0 Å². The highest BCUT2D eigenvalue weighted by Crippen LogP contribution is 2.29. The zero-order chi connectivity index (χ0) is 13.1. The predicted molar refractivity (Wildman–Crippen MR) is 55.4 cm³/mol. The van der Waals surface area contributed by atoms with Crippen LogP contribution >= 0.6 is 0 Å². The molecule has 17 heavy (non-hydrogen) atoms. The van der Waals surface area contributed by atoms with Gasteiger partial charge in [0.2, 0.25) is 0 Å². The summed E-state index contributed by atoms with van der Waals surface area (Å²) >= 11 is 0. The average Bonchev–Trinajstić information content (AvgIpc) is 3.00. The highest BCUT2D eigenvalue weighted by Gasteiger charge is 2.42. The van der Waals surface area contributed by atoms with E-state index < -0.39 is 23.4 Å². The number of hydrogen-bond donors (Lipinski definition) is 1. The van der Waals surface area contributed by atoms with Gasteiger partial charge in [0.15, 0.2) is 5.71 Å². The number of ether oxygens (including phenoxy) is 1. The van der Waals surface area contributed by atoms with Gasteiger partial charge < -0.3 is 10.5 Å². The molecular formula is C10H13F3N2O2. The Morgan fingerprint density at radius 3 is 2.47 bits per heavy atom. The van der Waals surface area contributed by atoms with Crippen molar-refractivity contribution in [1.82, 2.24) is 0 Å². The molecule has 0 unspecified atom stereocenters. The first-order valence-corrected chi connectivity index (χ1v) is 5.14. The van der Waals surface area contributed by atoms with E-state index in [4.69, 9.17) is 5.73 Å². The van der Waals surface area contributed by atoms with Crippen molar-refractivity contribution in [2.75, 3.05) is 6.61 Å². The molecule has 0 saturated heterocycles. The van der Waals surface area contributed by atoms with Gasteiger partial charge in [0.1, 0.15) is 5.57 Å². The monoisotopic (exact) mass is 250 g/mol. The van der Waals surface area contributed by atoms with Crippen molar-refractivity contribution < 1.29 is 22.7 Å². The van der Waals surface area contributed by atoms with Crippen LogP contribution in [-0.2, 0) is 9.53 Å². The number of nitrogens with zero attached hydrogens (tertiary/aromatic N) is 1. The van der Waals surface area contributed by atoms with E-state index in [1.807, 2.05) is 0 Å². The Labute approximate surface area is 96.3 Å². The van der Waals surface area contributed by atoms with Crippen LogP contribution in [0.1, 0.15) is 19.8 Å². The van der Waals surface area contributed by atoms with Crippen molar-refractivity contribution in [3.8, 4) is 0 Å². The van der Waals surface area contributed by atoms with Gasteiger partial charge in [-0.2, -0.15) is 13.2 Å². The van der Waals surface area contributed by atoms with Crippen molar-refractivity contribution in [1.29, 1.82) is 0 Å². The smallest absolute Gasteiger partial charge is 0.433 e. The Balaban J connectivity index is 2.99. The summed E-state index contributed by atoms with van der Waals surface area (Å²) in [6.07, 6.45) is -2.92. The maximum absolute atomic E-state index is 12.7. The Bertz CT molecular complexity index is 357. The lowest BCUT2D eigenvalue weighted by Gasteiger charge is -2.12. The molecule has 7 heteroatoms. The maximum atomic E-state index is 12.7. The van der Waals surface area contributed by atoms with Gasteiger partial charge in [-0.05, 0) is 19.8 Å². The molecule has 0 atom stereocenters. The van der Waals surface area contributed by atoms with Crippen LogP contribution in [0.3, 0.4) is 0 Å². The molecule has 0 aliphatic heterocycles.